The minimum atomic E-state index is -0.286. The van der Waals surface area contributed by atoms with Gasteiger partial charge in [-0.2, -0.15) is 0 Å². The Morgan fingerprint density at radius 2 is 1.90 bits per heavy atom. The Kier molecular flexibility index (Phi) is 5.18. The predicted molar refractivity (Wildman–Crippen MR) is 111 cm³/mol. The van der Waals surface area contributed by atoms with E-state index in [9.17, 15) is 9.59 Å². The summed E-state index contributed by atoms with van der Waals surface area (Å²) in [4.78, 5) is 26.8. The van der Waals surface area contributed by atoms with Crippen molar-refractivity contribution in [1.29, 1.82) is 0 Å². The van der Waals surface area contributed by atoms with Gasteiger partial charge in [0.15, 0.2) is 18.1 Å². The summed E-state index contributed by atoms with van der Waals surface area (Å²) in [6.45, 7) is 5.51. The molecular formula is C23H26N2O4. The highest BCUT2D eigenvalue weighted by Crippen LogP contribution is 2.41. The van der Waals surface area contributed by atoms with E-state index in [0.29, 0.717) is 22.7 Å². The monoisotopic (exact) mass is 394 g/mol. The first-order valence-corrected chi connectivity index (χ1v) is 10.0. The summed E-state index contributed by atoms with van der Waals surface area (Å²) in [5.41, 5.74) is 1.98. The van der Waals surface area contributed by atoms with E-state index in [2.05, 4.69) is 5.32 Å². The highest BCUT2D eigenvalue weighted by atomic mass is 16.5. The molecule has 0 aliphatic carbocycles. The summed E-state index contributed by atoms with van der Waals surface area (Å²) in [6, 6.07) is 12.8. The number of carbonyl (C=O) groups is 2. The first-order valence-electron chi connectivity index (χ1n) is 10.0. The van der Waals surface area contributed by atoms with Crippen LogP contribution in [0.4, 0.5) is 5.69 Å². The minimum absolute atomic E-state index is 0.00876. The molecule has 0 saturated carbocycles. The van der Waals surface area contributed by atoms with Crippen LogP contribution in [0.1, 0.15) is 42.6 Å². The van der Waals surface area contributed by atoms with Gasteiger partial charge in [0.2, 0.25) is 0 Å². The third-order valence-corrected chi connectivity index (χ3v) is 5.20. The van der Waals surface area contributed by atoms with Gasteiger partial charge in [0.25, 0.3) is 11.8 Å². The first kappa shape index (κ1) is 19.3. The first-order chi connectivity index (χ1) is 13.9. The van der Waals surface area contributed by atoms with Crippen molar-refractivity contribution in [2.45, 2.75) is 38.7 Å². The fourth-order valence-corrected chi connectivity index (χ4v) is 3.87. The van der Waals surface area contributed by atoms with Crippen LogP contribution < -0.4 is 14.8 Å². The molecule has 0 radical (unpaired) electrons. The smallest absolute Gasteiger partial charge is 0.262 e. The molecule has 29 heavy (non-hydrogen) atoms. The van der Waals surface area contributed by atoms with Crippen molar-refractivity contribution < 1.29 is 19.1 Å². The number of hydrogen-bond donors (Lipinski definition) is 1. The minimum Gasteiger partial charge on any atom is -0.483 e. The Labute approximate surface area is 170 Å². The lowest BCUT2D eigenvalue weighted by Gasteiger charge is -2.18. The molecule has 1 saturated heterocycles. The van der Waals surface area contributed by atoms with Gasteiger partial charge >= 0.3 is 0 Å². The number of rotatable bonds is 5. The molecule has 6 heteroatoms. The largest absolute Gasteiger partial charge is 0.483 e. The number of para-hydroxylation sites is 1. The summed E-state index contributed by atoms with van der Waals surface area (Å²) in [5.74, 6) is 1.00. The van der Waals surface area contributed by atoms with E-state index in [0.717, 1.165) is 37.9 Å². The van der Waals surface area contributed by atoms with Gasteiger partial charge in [0.1, 0.15) is 5.60 Å². The van der Waals surface area contributed by atoms with Crippen molar-refractivity contribution in [1.82, 2.24) is 4.90 Å². The quantitative estimate of drug-likeness (QED) is 0.841. The van der Waals surface area contributed by atoms with E-state index in [-0.39, 0.29) is 24.0 Å². The van der Waals surface area contributed by atoms with Gasteiger partial charge in [-0.15, -0.1) is 0 Å². The molecule has 152 valence electrons. The molecule has 2 aliphatic rings. The van der Waals surface area contributed by atoms with Crippen LogP contribution in [0.2, 0.25) is 0 Å². The topological polar surface area (TPSA) is 67.9 Å². The van der Waals surface area contributed by atoms with Gasteiger partial charge in [-0.25, -0.2) is 0 Å². The molecule has 6 nitrogen and oxygen atoms in total. The third-order valence-electron chi connectivity index (χ3n) is 5.20. The Morgan fingerprint density at radius 3 is 2.69 bits per heavy atom. The SMILES string of the molecule is CC1(C)Cc2cccc(OCC(=O)Nc3cccc(C(=O)N4CCCC4)c3)c2O1. The fourth-order valence-electron chi connectivity index (χ4n) is 3.87. The lowest BCUT2D eigenvalue weighted by atomic mass is 10.0. The maximum Gasteiger partial charge on any atom is 0.262 e. The van der Waals surface area contributed by atoms with E-state index >= 15 is 0 Å². The van der Waals surface area contributed by atoms with Crippen LogP contribution in [-0.4, -0.2) is 42.0 Å². The van der Waals surface area contributed by atoms with Crippen molar-refractivity contribution in [2.24, 2.45) is 0 Å². The van der Waals surface area contributed by atoms with Crippen molar-refractivity contribution in [3.8, 4) is 11.5 Å². The van der Waals surface area contributed by atoms with Crippen molar-refractivity contribution in [3.05, 3.63) is 53.6 Å². The Balaban J connectivity index is 1.37. The van der Waals surface area contributed by atoms with Crippen molar-refractivity contribution in [2.75, 3.05) is 25.0 Å². The number of hydrogen-bond acceptors (Lipinski definition) is 4. The highest BCUT2D eigenvalue weighted by molar-refractivity contribution is 5.97. The lowest BCUT2D eigenvalue weighted by Crippen LogP contribution is -2.27. The van der Waals surface area contributed by atoms with Crippen LogP contribution in [0.5, 0.6) is 11.5 Å². The predicted octanol–water partition coefficient (Wildman–Crippen LogP) is 3.65. The maximum atomic E-state index is 12.5. The lowest BCUT2D eigenvalue weighted by molar-refractivity contribution is -0.118. The average Bonchev–Trinajstić information content (AvgIpc) is 3.32. The molecule has 2 aliphatic heterocycles. The van der Waals surface area contributed by atoms with Crippen molar-refractivity contribution >= 4 is 17.5 Å². The normalized spacial score (nSPS) is 16.8. The highest BCUT2D eigenvalue weighted by Gasteiger charge is 2.32. The number of nitrogens with zero attached hydrogens (tertiary/aromatic N) is 1. The van der Waals surface area contributed by atoms with Crippen LogP contribution in [0, 0.1) is 0 Å². The third kappa shape index (κ3) is 4.36. The fraction of sp³-hybridized carbons (Fsp3) is 0.391. The van der Waals surface area contributed by atoms with Gasteiger partial charge in [-0.3, -0.25) is 9.59 Å². The second-order valence-electron chi connectivity index (χ2n) is 8.20. The molecule has 0 bridgehead atoms. The molecule has 1 fully saturated rings. The average molecular weight is 394 g/mol. The molecule has 1 N–H and O–H groups in total. The second kappa shape index (κ2) is 7.78. The van der Waals surface area contributed by atoms with Crippen LogP contribution in [0.25, 0.3) is 0 Å². The Hall–Kier alpha value is -3.02. The van der Waals surface area contributed by atoms with Gasteiger partial charge in [0, 0.05) is 36.3 Å². The molecule has 2 heterocycles. The van der Waals surface area contributed by atoms with E-state index in [1.807, 2.05) is 36.9 Å². The zero-order chi connectivity index (χ0) is 20.4. The Morgan fingerprint density at radius 1 is 1.14 bits per heavy atom. The van der Waals surface area contributed by atoms with Crippen LogP contribution in [-0.2, 0) is 11.2 Å². The summed E-state index contributed by atoms with van der Waals surface area (Å²) in [6.07, 6.45) is 2.90. The molecule has 0 unspecified atom stereocenters. The molecule has 0 atom stereocenters. The van der Waals surface area contributed by atoms with Crippen LogP contribution in [0.3, 0.4) is 0 Å². The van der Waals surface area contributed by atoms with Gasteiger partial charge in [-0.05, 0) is 51.0 Å². The molecule has 0 aromatic heterocycles. The summed E-state index contributed by atoms with van der Waals surface area (Å²) < 4.78 is 11.7. The molecule has 2 amide bonds. The van der Waals surface area contributed by atoms with E-state index in [1.54, 1.807) is 24.3 Å². The Bertz CT molecular complexity index is 932. The number of carbonyl (C=O) groups excluding carboxylic acids is 2. The van der Waals surface area contributed by atoms with Crippen LogP contribution in [0.15, 0.2) is 42.5 Å². The van der Waals surface area contributed by atoms with E-state index in [1.165, 1.54) is 0 Å². The molecule has 2 aromatic rings. The number of fused-ring (bicyclic) bond motifs is 1. The second-order valence-corrected chi connectivity index (χ2v) is 8.20. The summed E-state index contributed by atoms with van der Waals surface area (Å²) in [5, 5.41) is 2.81. The summed E-state index contributed by atoms with van der Waals surface area (Å²) >= 11 is 0. The zero-order valence-corrected chi connectivity index (χ0v) is 16.9. The number of anilines is 1. The maximum absolute atomic E-state index is 12.5. The number of nitrogens with one attached hydrogen (secondary N) is 1. The van der Waals surface area contributed by atoms with Gasteiger partial charge in [-0.1, -0.05) is 18.2 Å². The number of likely N-dealkylation sites (tertiary alicyclic amines) is 1. The van der Waals surface area contributed by atoms with Gasteiger partial charge < -0.3 is 19.7 Å². The van der Waals surface area contributed by atoms with E-state index in [4.69, 9.17) is 9.47 Å². The number of amides is 2. The molecule has 2 aromatic carbocycles. The molecule has 4 rings (SSSR count). The zero-order valence-electron chi connectivity index (χ0n) is 16.9. The number of benzene rings is 2. The molecular weight excluding hydrogens is 368 g/mol. The van der Waals surface area contributed by atoms with Crippen LogP contribution >= 0.6 is 0 Å². The van der Waals surface area contributed by atoms with Crippen molar-refractivity contribution in [3.63, 3.8) is 0 Å². The molecule has 0 spiro atoms. The number of ether oxygens (including phenoxy) is 2. The van der Waals surface area contributed by atoms with E-state index < -0.39 is 0 Å². The van der Waals surface area contributed by atoms with Gasteiger partial charge in [0.05, 0.1) is 0 Å². The summed E-state index contributed by atoms with van der Waals surface area (Å²) in [7, 11) is 0. The standard InChI is InChI=1S/C23H26N2O4/c1-23(2)14-17-8-6-10-19(21(17)29-23)28-15-20(26)24-18-9-5-7-16(13-18)22(27)25-11-3-4-12-25/h5-10,13H,3-4,11-12,14-15H2,1-2H3,(H,24,26).